The summed E-state index contributed by atoms with van der Waals surface area (Å²) in [5.74, 6) is 0.585. The summed E-state index contributed by atoms with van der Waals surface area (Å²) in [6.45, 7) is 7.22. The van der Waals surface area contributed by atoms with E-state index in [4.69, 9.17) is 12.2 Å². The molecule has 0 atom stereocenters. The van der Waals surface area contributed by atoms with Crippen molar-refractivity contribution in [1.82, 2.24) is 9.47 Å². The Morgan fingerprint density at radius 2 is 1.96 bits per heavy atom. The lowest BCUT2D eigenvalue weighted by Gasteiger charge is -2.25. The summed E-state index contributed by atoms with van der Waals surface area (Å²) in [4.78, 5) is 29.6. The monoisotopic (exact) mass is 418 g/mol. The van der Waals surface area contributed by atoms with Gasteiger partial charge in [-0.2, -0.15) is 5.26 Å². The van der Waals surface area contributed by atoms with E-state index in [2.05, 4.69) is 6.92 Å². The fourth-order valence-corrected chi connectivity index (χ4v) is 4.51. The molecule has 1 amide bonds. The number of carbonyl (C=O) groups excluding carboxylic acids is 1. The quantitative estimate of drug-likeness (QED) is 0.499. The molecule has 1 saturated heterocycles. The van der Waals surface area contributed by atoms with E-state index in [1.807, 2.05) is 24.9 Å². The Kier molecular flexibility index (Phi) is 7.44. The van der Waals surface area contributed by atoms with E-state index in [0.29, 0.717) is 32.7 Å². The maximum atomic E-state index is 12.8. The number of aromatic nitrogens is 1. The van der Waals surface area contributed by atoms with Crippen molar-refractivity contribution in [2.24, 2.45) is 7.05 Å². The van der Waals surface area contributed by atoms with Gasteiger partial charge < -0.3 is 4.90 Å². The molecular weight excluding hydrogens is 392 g/mol. The SMILES string of the molecule is CCCCN(C)c1c(C=C2SC(=S)N(CCC)C2=O)c(C)c(C#N)c(=O)n1C. The van der Waals surface area contributed by atoms with Crippen molar-refractivity contribution in [2.45, 2.75) is 40.0 Å². The first kappa shape index (κ1) is 22.2. The summed E-state index contributed by atoms with van der Waals surface area (Å²) in [5.41, 5.74) is 1.08. The normalized spacial score (nSPS) is 15.4. The maximum absolute atomic E-state index is 12.8. The number of nitrogens with zero attached hydrogens (tertiary/aromatic N) is 4. The molecule has 0 N–H and O–H groups in total. The van der Waals surface area contributed by atoms with Crippen LogP contribution in [0.25, 0.3) is 6.08 Å². The molecule has 150 valence electrons. The van der Waals surface area contributed by atoms with Crippen LogP contribution in [0, 0.1) is 18.3 Å². The number of hydrogen-bond donors (Lipinski definition) is 0. The van der Waals surface area contributed by atoms with Gasteiger partial charge in [-0.1, -0.05) is 44.2 Å². The largest absolute Gasteiger partial charge is 0.360 e. The lowest BCUT2D eigenvalue weighted by molar-refractivity contribution is -0.122. The molecule has 1 fully saturated rings. The van der Waals surface area contributed by atoms with Gasteiger partial charge in [0.1, 0.15) is 21.8 Å². The third kappa shape index (κ3) is 4.15. The van der Waals surface area contributed by atoms with E-state index in [1.165, 1.54) is 16.3 Å². The number of anilines is 1. The predicted molar refractivity (Wildman–Crippen MR) is 119 cm³/mol. The van der Waals surface area contributed by atoms with E-state index in [-0.39, 0.29) is 17.0 Å². The lowest BCUT2D eigenvalue weighted by Crippen LogP contribution is -2.31. The fraction of sp³-hybridized carbons (Fsp3) is 0.500. The third-order valence-electron chi connectivity index (χ3n) is 4.77. The molecule has 6 nitrogen and oxygen atoms in total. The first-order valence-electron chi connectivity index (χ1n) is 9.38. The molecule has 1 aliphatic rings. The Hall–Kier alpha value is -2.11. The van der Waals surface area contributed by atoms with Crippen LogP contribution in [0.1, 0.15) is 49.8 Å². The van der Waals surface area contributed by atoms with Gasteiger partial charge in [-0.3, -0.25) is 19.1 Å². The molecule has 0 unspecified atom stereocenters. The minimum Gasteiger partial charge on any atom is -0.360 e. The van der Waals surface area contributed by atoms with Gasteiger partial charge in [-0.05, 0) is 31.4 Å². The Morgan fingerprint density at radius 3 is 2.54 bits per heavy atom. The predicted octanol–water partition coefficient (Wildman–Crippen LogP) is 3.41. The van der Waals surface area contributed by atoms with Crippen LogP contribution in [0.3, 0.4) is 0 Å². The molecule has 1 aromatic rings. The summed E-state index contributed by atoms with van der Waals surface area (Å²) < 4.78 is 2.04. The van der Waals surface area contributed by atoms with Gasteiger partial charge in [-0.25, -0.2) is 0 Å². The van der Waals surface area contributed by atoms with Crippen LogP contribution < -0.4 is 10.5 Å². The first-order valence-corrected chi connectivity index (χ1v) is 10.6. The second-order valence-corrected chi connectivity index (χ2v) is 8.50. The Morgan fingerprint density at radius 1 is 1.29 bits per heavy atom. The fourth-order valence-electron chi connectivity index (χ4n) is 3.22. The highest BCUT2D eigenvalue weighted by Crippen LogP contribution is 2.35. The van der Waals surface area contributed by atoms with Gasteiger partial charge in [0, 0.05) is 32.7 Å². The molecule has 1 aromatic heterocycles. The number of carbonyl (C=O) groups is 1. The Labute approximate surface area is 175 Å². The maximum Gasteiger partial charge on any atom is 0.270 e. The van der Waals surface area contributed by atoms with Crippen LogP contribution in [0.5, 0.6) is 0 Å². The van der Waals surface area contributed by atoms with E-state index in [1.54, 1.807) is 24.9 Å². The highest BCUT2D eigenvalue weighted by molar-refractivity contribution is 8.26. The van der Waals surface area contributed by atoms with Gasteiger partial charge >= 0.3 is 0 Å². The second kappa shape index (κ2) is 9.39. The van der Waals surface area contributed by atoms with Crippen molar-refractivity contribution in [3.05, 3.63) is 31.9 Å². The van der Waals surface area contributed by atoms with Gasteiger partial charge in [0.2, 0.25) is 0 Å². The molecule has 0 aliphatic carbocycles. The van der Waals surface area contributed by atoms with Crippen molar-refractivity contribution >= 4 is 46.1 Å². The molecule has 2 rings (SSSR count). The van der Waals surface area contributed by atoms with Gasteiger partial charge in [0.25, 0.3) is 11.5 Å². The Balaban J connectivity index is 2.67. The van der Waals surface area contributed by atoms with Crippen LogP contribution in [-0.4, -0.2) is 39.8 Å². The molecule has 2 heterocycles. The third-order valence-corrected chi connectivity index (χ3v) is 6.15. The van der Waals surface area contributed by atoms with Crippen LogP contribution >= 0.6 is 24.0 Å². The molecule has 28 heavy (non-hydrogen) atoms. The van der Waals surface area contributed by atoms with E-state index in [0.717, 1.165) is 25.8 Å². The number of thiocarbonyl (C=S) groups is 1. The first-order chi connectivity index (χ1) is 13.3. The minimum absolute atomic E-state index is 0.102. The zero-order valence-corrected chi connectivity index (χ0v) is 18.7. The number of unbranched alkanes of at least 4 members (excludes halogenated alkanes) is 1. The standard InChI is InChI=1S/C20H26N4O2S2/c1-6-8-10-22(4)17-14(13(3)15(12-21)18(25)23(17)5)11-16-19(26)24(9-7-2)20(27)28-16/h11H,6-10H2,1-5H3. The van der Waals surface area contributed by atoms with Crippen LogP contribution in [0.15, 0.2) is 9.70 Å². The van der Waals surface area contributed by atoms with Crippen molar-refractivity contribution in [3.63, 3.8) is 0 Å². The minimum atomic E-state index is -0.325. The summed E-state index contributed by atoms with van der Waals surface area (Å²) in [6, 6.07) is 2.02. The molecule has 0 bridgehead atoms. The number of rotatable bonds is 7. The van der Waals surface area contributed by atoms with Crippen molar-refractivity contribution in [1.29, 1.82) is 5.26 Å². The molecule has 8 heteroatoms. The summed E-state index contributed by atoms with van der Waals surface area (Å²) in [6.07, 6.45) is 4.60. The number of thioether (sulfide) groups is 1. The van der Waals surface area contributed by atoms with Gasteiger partial charge in [-0.15, -0.1) is 0 Å². The van der Waals surface area contributed by atoms with Crippen molar-refractivity contribution < 1.29 is 4.79 Å². The number of pyridine rings is 1. The highest BCUT2D eigenvalue weighted by atomic mass is 32.2. The topological polar surface area (TPSA) is 69.3 Å². The molecule has 0 spiro atoms. The summed E-state index contributed by atoms with van der Waals surface area (Å²) >= 11 is 6.62. The smallest absolute Gasteiger partial charge is 0.270 e. The zero-order chi connectivity index (χ0) is 21.0. The molecule has 0 aromatic carbocycles. The average Bonchev–Trinajstić information content (AvgIpc) is 2.92. The molecule has 0 radical (unpaired) electrons. The summed E-state index contributed by atoms with van der Waals surface area (Å²) in [5, 5.41) is 9.49. The molecular formula is C20H26N4O2S2. The number of nitriles is 1. The zero-order valence-electron chi connectivity index (χ0n) is 17.0. The lowest BCUT2D eigenvalue weighted by atomic mass is 10.0. The van der Waals surface area contributed by atoms with Crippen LogP contribution in [0.4, 0.5) is 5.82 Å². The van der Waals surface area contributed by atoms with Crippen molar-refractivity contribution in [2.75, 3.05) is 25.0 Å². The summed E-state index contributed by atoms with van der Waals surface area (Å²) in [7, 11) is 3.59. The second-order valence-electron chi connectivity index (χ2n) is 6.82. The molecule has 1 aliphatic heterocycles. The van der Waals surface area contributed by atoms with Crippen LogP contribution in [0.2, 0.25) is 0 Å². The molecule has 0 saturated carbocycles. The average molecular weight is 419 g/mol. The Bertz CT molecular complexity index is 928. The van der Waals surface area contributed by atoms with E-state index < -0.39 is 0 Å². The number of amides is 1. The van der Waals surface area contributed by atoms with Gasteiger partial charge in [0.15, 0.2) is 0 Å². The highest BCUT2D eigenvalue weighted by Gasteiger charge is 2.32. The van der Waals surface area contributed by atoms with Crippen molar-refractivity contribution in [3.8, 4) is 6.07 Å². The van der Waals surface area contributed by atoms with E-state index >= 15 is 0 Å². The number of hydrogen-bond acceptors (Lipinski definition) is 6. The van der Waals surface area contributed by atoms with Crippen LogP contribution in [-0.2, 0) is 11.8 Å². The van der Waals surface area contributed by atoms with E-state index in [9.17, 15) is 14.9 Å². The van der Waals surface area contributed by atoms with Gasteiger partial charge in [0.05, 0.1) is 4.91 Å².